The van der Waals surface area contributed by atoms with Crippen molar-refractivity contribution in [3.05, 3.63) is 59.7 Å². The molecule has 0 fully saturated rings. The van der Waals surface area contributed by atoms with Gasteiger partial charge in [-0.25, -0.2) is 4.79 Å². The highest BCUT2D eigenvalue weighted by molar-refractivity contribution is 7.80. The molecule has 0 unspecified atom stereocenters. The number of carbonyl (C=O) groups excluding carboxylic acids is 1. The molecule has 0 amide bonds. The fraction of sp³-hybridized carbons (Fsp3) is 0. The number of hydrogen-bond acceptors (Lipinski definition) is 5. The van der Waals surface area contributed by atoms with Gasteiger partial charge in [-0.2, -0.15) is 0 Å². The van der Waals surface area contributed by atoms with Crippen LogP contribution in [-0.4, -0.2) is 16.1 Å². The normalized spacial score (nSPS) is 9.95. The van der Waals surface area contributed by atoms with Crippen LogP contribution in [0.25, 0.3) is 0 Å². The number of carbonyl (C=O) groups is 1. The molecule has 0 saturated heterocycles. The Bertz CT molecular complexity index is 583. The number of phenolic OH excluding ortho intramolecular Hbond substituents is 1. The van der Waals surface area contributed by atoms with Crippen LogP contribution in [0.5, 0.6) is 5.75 Å². The quantitative estimate of drug-likeness (QED) is 0.506. The molecule has 0 aliphatic carbocycles. The molecular weight excluding hydrogens is 280 g/mol. The summed E-state index contributed by atoms with van der Waals surface area (Å²) in [4.78, 5) is 12.4. The molecule has 0 saturated carbocycles. The number of benzene rings is 2. The minimum Gasteiger partial charge on any atom is -0.507 e. The van der Waals surface area contributed by atoms with Crippen molar-refractivity contribution in [2.45, 2.75) is 4.90 Å². The topological polar surface area (TPSA) is 46.5 Å². The van der Waals surface area contributed by atoms with Crippen molar-refractivity contribution in [3.8, 4) is 5.75 Å². The lowest BCUT2D eigenvalue weighted by atomic mass is 10.2. The van der Waals surface area contributed by atoms with Crippen LogP contribution < -0.4 is 0 Å². The van der Waals surface area contributed by atoms with Crippen LogP contribution in [-0.2, 0) is 4.74 Å². The van der Waals surface area contributed by atoms with E-state index in [1.807, 2.05) is 0 Å². The number of ether oxygens (including phenoxy) is 1. The standard InChI is InChI=1S/C14H10O3S2/c15-11-7-3-1-5-9(11)14(19)17-13(16)10-6-2-4-8-12(10)18/h1-8,15,18H. The zero-order chi connectivity index (χ0) is 13.8. The van der Waals surface area contributed by atoms with E-state index in [1.54, 1.807) is 42.5 Å². The van der Waals surface area contributed by atoms with E-state index in [0.717, 1.165) is 0 Å². The molecule has 5 heteroatoms. The van der Waals surface area contributed by atoms with Gasteiger partial charge in [-0.1, -0.05) is 24.3 Å². The predicted molar refractivity (Wildman–Crippen MR) is 78.9 cm³/mol. The fourth-order valence-corrected chi connectivity index (χ4v) is 1.99. The number of esters is 1. The van der Waals surface area contributed by atoms with Crippen LogP contribution in [0.3, 0.4) is 0 Å². The van der Waals surface area contributed by atoms with E-state index in [-0.39, 0.29) is 10.8 Å². The maximum atomic E-state index is 11.9. The summed E-state index contributed by atoms with van der Waals surface area (Å²) >= 11 is 9.17. The zero-order valence-electron chi connectivity index (χ0n) is 9.74. The molecule has 0 spiro atoms. The summed E-state index contributed by atoms with van der Waals surface area (Å²) < 4.78 is 5.07. The van der Waals surface area contributed by atoms with Crippen molar-refractivity contribution in [3.63, 3.8) is 0 Å². The van der Waals surface area contributed by atoms with E-state index >= 15 is 0 Å². The van der Waals surface area contributed by atoms with Gasteiger partial charge in [-0.15, -0.1) is 12.6 Å². The molecule has 0 aliphatic rings. The molecule has 3 nitrogen and oxygen atoms in total. The third kappa shape index (κ3) is 3.13. The lowest BCUT2D eigenvalue weighted by molar-refractivity contribution is 0.0720. The largest absolute Gasteiger partial charge is 0.507 e. The Morgan fingerprint density at radius 2 is 1.63 bits per heavy atom. The van der Waals surface area contributed by atoms with Crippen LogP contribution in [0.1, 0.15) is 15.9 Å². The highest BCUT2D eigenvalue weighted by atomic mass is 32.1. The van der Waals surface area contributed by atoms with Crippen LogP contribution in [0.4, 0.5) is 0 Å². The van der Waals surface area contributed by atoms with Crippen LogP contribution in [0.2, 0.25) is 0 Å². The Kier molecular flexibility index (Phi) is 4.19. The number of hydrogen-bond donors (Lipinski definition) is 2. The van der Waals surface area contributed by atoms with Crippen molar-refractivity contribution in [2.75, 3.05) is 0 Å². The number of para-hydroxylation sites is 1. The highest BCUT2D eigenvalue weighted by Gasteiger charge is 2.15. The third-order valence-electron chi connectivity index (χ3n) is 2.43. The third-order valence-corrected chi connectivity index (χ3v) is 3.13. The van der Waals surface area contributed by atoms with Gasteiger partial charge in [0.05, 0.1) is 11.1 Å². The molecular formula is C14H10O3S2. The predicted octanol–water partition coefficient (Wildman–Crippen LogP) is 3.21. The molecule has 2 aromatic rings. The zero-order valence-corrected chi connectivity index (χ0v) is 11.4. The Morgan fingerprint density at radius 3 is 2.26 bits per heavy atom. The summed E-state index contributed by atoms with van der Waals surface area (Å²) in [5.74, 6) is -0.627. The minimum absolute atomic E-state index is 0.0283. The van der Waals surface area contributed by atoms with Gasteiger partial charge >= 0.3 is 5.97 Å². The van der Waals surface area contributed by atoms with Gasteiger partial charge < -0.3 is 9.84 Å². The number of rotatable bonds is 2. The van der Waals surface area contributed by atoms with E-state index in [9.17, 15) is 9.90 Å². The second-order valence-corrected chi connectivity index (χ2v) is 4.56. The van der Waals surface area contributed by atoms with E-state index in [4.69, 9.17) is 17.0 Å². The Morgan fingerprint density at radius 1 is 1.05 bits per heavy atom. The van der Waals surface area contributed by atoms with Crippen molar-refractivity contribution in [1.29, 1.82) is 0 Å². The maximum absolute atomic E-state index is 11.9. The second-order valence-electron chi connectivity index (χ2n) is 3.71. The maximum Gasteiger partial charge on any atom is 0.345 e. The van der Waals surface area contributed by atoms with Crippen molar-refractivity contribution in [1.82, 2.24) is 0 Å². The molecule has 0 heterocycles. The molecule has 0 aromatic heterocycles. The number of thiol groups is 1. The SMILES string of the molecule is O=C(OC(=S)c1ccccc1O)c1ccccc1S. The van der Waals surface area contributed by atoms with E-state index in [2.05, 4.69) is 12.6 Å². The summed E-state index contributed by atoms with van der Waals surface area (Å²) in [7, 11) is 0. The summed E-state index contributed by atoms with van der Waals surface area (Å²) in [6.45, 7) is 0. The van der Waals surface area contributed by atoms with E-state index in [0.29, 0.717) is 16.0 Å². The Balaban J connectivity index is 2.19. The molecule has 96 valence electrons. The average molecular weight is 290 g/mol. The molecule has 0 bridgehead atoms. The minimum atomic E-state index is -0.598. The lowest BCUT2D eigenvalue weighted by Crippen LogP contribution is -2.12. The molecule has 0 aliphatic heterocycles. The smallest absolute Gasteiger partial charge is 0.345 e. The summed E-state index contributed by atoms with van der Waals surface area (Å²) in [6.07, 6.45) is 0. The fourth-order valence-electron chi connectivity index (χ4n) is 1.49. The van der Waals surface area contributed by atoms with Gasteiger partial charge in [-0.05, 0) is 36.5 Å². The molecule has 1 N–H and O–H groups in total. The summed E-state index contributed by atoms with van der Waals surface area (Å²) in [5, 5.41) is 9.56. The second kappa shape index (κ2) is 5.86. The molecule has 0 atom stereocenters. The molecule has 2 rings (SSSR count). The van der Waals surface area contributed by atoms with Gasteiger partial charge in [-0.3, -0.25) is 0 Å². The molecule has 2 aromatic carbocycles. The van der Waals surface area contributed by atoms with Crippen molar-refractivity contribution >= 4 is 35.9 Å². The highest BCUT2D eigenvalue weighted by Crippen LogP contribution is 2.19. The first-order valence-electron chi connectivity index (χ1n) is 5.42. The first-order valence-corrected chi connectivity index (χ1v) is 6.27. The lowest BCUT2D eigenvalue weighted by Gasteiger charge is -2.08. The number of phenols is 1. The Hall–Kier alpha value is -1.85. The van der Waals surface area contributed by atoms with Gasteiger partial charge in [0.15, 0.2) is 0 Å². The summed E-state index contributed by atoms with van der Waals surface area (Å²) in [6, 6.07) is 13.2. The van der Waals surface area contributed by atoms with Crippen LogP contribution in [0.15, 0.2) is 53.4 Å². The average Bonchev–Trinajstić information content (AvgIpc) is 2.39. The monoisotopic (exact) mass is 290 g/mol. The van der Waals surface area contributed by atoms with Crippen LogP contribution >= 0.6 is 24.8 Å². The van der Waals surface area contributed by atoms with Gasteiger partial charge in [0.1, 0.15) is 5.75 Å². The number of aromatic hydroxyl groups is 1. The number of thiocarbonyl (C=S) groups is 1. The van der Waals surface area contributed by atoms with Gasteiger partial charge in [0.2, 0.25) is 5.05 Å². The van der Waals surface area contributed by atoms with Crippen molar-refractivity contribution in [2.24, 2.45) is 0 Å². The van der Waals surface area contributed by atoms with Crippen LogP contribution in [0, 0.1) is 0 Å². The van der Waals surface area contributed by atoms with Gasteiger partial charge in [0, 0.05) is 4.90 Å². The molecule has 0 radical (unpaired) electrons. The Labute approximate surface area is 121 Å². The summed E-state index contributed by atoms with van der Waals surface area (Å²) in [5.41, 5.74) is 0.631. The molecule has 19 heavy (non-hydrogen) atoms. The van der Waals surface area contributed by atoms with Crippen molar-refractivity contribution < 1.29 is 14.6 Å². The first kappa shape index (κ1) is 13.6. The van der Waals surface area contributed by atoms with E-state index in [1.165, 1.54) is 6.07 Å². The van der Waals surface area contributed by atoms with Gasteiger partial charge in [0.25, 0.3) is 0 Å². The van der Waals surface area contributed by atoms with E-state index < -0.39 is 5.97 Å². The first-order chi connectivity index (χ1) is 9.09.